The van der Waals surface area contributed by atoms with Crippen molar-refractivity contribution < 1.29 is 28.8 Å². The summed E-state index contributed by atoms with van der Waals surface area (Å²) in [7, 11) is 3.31. The highest BCUT2D eigenvalue weighted by molar-refractivity contribution is 5.76. The van der Waals surface area contributed by atoms with E-state index in [1.165, 1.54) is 24.8 Å². The van der Waals surface area contributed by atoms with E-state index in [1.807, 2.05) is 24.3 Å². The molecular formula is C31H45N3O6. The van der Waals surface area contributed by atoms with Gasteiger partial charge in [0.15, 0.2) is 11.5 Å². The number of nitrogens with zero attached hydrogens (tertiary/aromatic N) is 1. The fourth-order valence-corrected chi connectivity index (χ4v) is 5.77. The maximum absolute atomic E-state index is 11.0. The van der Waals surface area contributed by atoms with E-state index >= 15 is 0 Å². The quantitative estimate of drug-likeness (QED) is 0.307. The molecule has 0 bridgehead atoms. The van der Waals surface area contributed by atoms with E-state index in [4.69, 9.17) is 24.7 Å². The second-order valence-electron chi connectivity index (χ2n) is 10.8. The van der Waals surface area contributed by atoms with Crippen LogP contribution in [-0.2, 0) is 22.4 Å². The van der Waals surface area contributed by atoms with Gasteiger partial charge in [0.1, 0.15) is 18.5 Å². The Morgan fingerprint density at radius 3 is 2.55 bits per heavy atom. The lowest BCUT2D eigenvalue weighted by Crippen LogP contribution is -2.47. The van der Waals surface area contributed by atoms with Crippen LogP contribution in [0, 0.1) is 0 Å². The molecule has 1 aliphatic heterocycles. The number of rotatable bonds is 15. The van der Waals surface area contributed by atoms with Gasteiger partial charge in [-0.15, -0.1) is 0 Å². The van der Waals surface area contributed by atoms with Gasteiger partial charge < -0.3 is 35.1 Å². The molecule has 0 radical (unpaired) electrons. The maximum atomic E-state index is 11.0. The number of methoxy groups -OCH3 is 2. The number of nitrogens with one attached hydrogen (secondary N) is 1. The molecule has 2 aromatic rings. The van der Waals surface area contributed by atoms with Crippen LogP contribution in [0.1, 0.15) is 43.2 Å². The minimum Gasteiger partial charge on any atom is -0.493 e. The van der Waals surface area contributed by atoms with Gasteiger partial charge >= 0.3 is 0 Å². The first-order valence-electron chi connectivity index (χ1n) is 14.4. The van der Waals surface area contributed by atoms with Crippen LogP contribution >= 0.6 is 0 Å². The molecule has 9 nitrogen and oxygen atoms in total. The van der Waals surface area contributed by atoms with Crippen LogP contribution in [-0.4, -0.2) is 87.3 Å². The number of nitrogens with two attached hydrogens (primary N) is 1. The number of hydrogen-bond donors (Lipinski definition) is 3. The van der Waals surface area contributed by atoms with E-state index in [0.29, 0.717) is 31.0 Å². The normalized spacial score (nSPS) is 22.1. The number of benzene rings is 2. The first kappa shape index (κ1) is 30.1. The maximum Gasteiger partial charge on any atom is 0.221 e. The van der Waals surface area contributed by atoms with Gasteiger partial charge in [-0.05, 0) is 61.1 Å². The summed E-state index contributed by atoms with van der Waals surface area (Å²) in [6, 6.07) is 14.1. The summed E-state index contributed by atoms with van der Waals surface area (Å²) in [6.45, 7) is 3.38. The van der Waals surface area contributed by atoms with Crippen LogP contribution in [0.2, 0.25) is 0 Å². The minimum absolute atomic E-state index is 0.206. The third-order valence-corrected chi connectivity index (χ3v) is 7.91. The minimum atomic E-state index is -0.610. The summed E-state index contributed by atoms with van der Waals surface area (Å²) >= 11 is 0. The molecule has 4 atom stereocenters. The van der Waals surface area contributed by atoms with Crippen molar-refractivity contribution in [3.05, 3.63) is 53.6 Å². The van der Waals surface area contributed by atoms with Crippen LogP contribution in [0.4, 0.5) is 0 Å². The predicted molar refractivity (Wildman–Crippen MR) is 154 cm³/mol. The summed E-state index contributed by atoms with van der Waals surface area (Å²) in [5, 5.41) is 14.0. The molecule has 1 amide bonds. The van der Waals surface area contributed by atoms with Crippen LogP contribution in [0.5, 0.6) is 17.2 Å². The fourth-order valence-electron chi connectivity index (χ4n) is 5.77. The van der Waals surface area contributed by atoms with E-state index in [9.17, 15) is 9.90 Å². The molecule has 9 heteroatoms. The number of aliphatic hydroxyl groups excluding tert-OH is 1. The Balaban J connectivity index is 1.17. The summed E-state index contributed by atoms with van der Waals surface area (Å²) in [6.07, 6.45) is 6.48. The van der Waals surface area contributed by atoms with Gasteiger partial charge in [0.2, 0.25) is 5.91 Å². The lowest BCUT2D eigenvalue weighted by molar-refractivity contribution is -0.117. The first-order valence-corrected chi connectivity index (χ1v) is 14.4. The molecule has 2 fully saturated rings. The molecule has 1 unspecified atom stereocenters. The smallest absolute Gasteiger partial charge is 0.221 e. The molecule has 220 valence electrons. The number of amides is 1. The molecule has 4 N–H and O–H groups in total. The Kier molecular flexibility index (Phi) is 11.5. The van der Waals surface area contributed by atoms with Crippen LogP contribution in [0.25, 0.3) is 0 Å². The van der Waals surface area contributed by atoms with E-state index in [2.05, 4.69) is 16.3 Å². The Bertz CT molecular complexity index is 1070. The molecular weight excluding hydrogens is 510 g/mol. The van der Waals surface area contributed by atoms with Crippen molar-refractivity contribution in [2.75, 3.05) is 47.1 Å². The average molecular weight is 556 g/mol. The average Bonchev–Trinajstić information content (AvgIpc) is 3.44. The van der Waals surface area contributed by atoms with Crippen molar-refractivity contribution in [1.82, 2.24) is 10.2 Å². The van der Waals surface area contributed by atoms with Gasteiger partial charge in [0, 0.05) is 31.7 Å². The Morgan fingerprint density at radius 1 is 1.05 bits per heavy atom. The van der Waals surface area contributed by atoms with Gasteiger partial charge in [0.05, 0.1) is 33.4 Å². The van der Waals surface area contributed by atoms with Crippen molar-refractivity contribution in [1.29, 1.82) is 0 Å². The number of aliphatic hydroxyl groups is 1. The number of carbonyl (C=O) groups excluding carboxylic acids is 1. The summed E-state index contributed by atoms with van der Waals surface area (Å²) in [5.41, 5.74) is 7.26. The first-order chi connectivity index (χ1) is 19.4. The van der Waals surface area contributed by atoms with Crippen molar-refractivity contribution in [3.8, 4) is 17.2 Å². The Labute approximate surface area is 237 Å². The SMILES string of the molecule is COc1ccc(CCO[C@@H]2CCCC[C@@H]2N2CC[C@H](NCC(O)COc3ccc(CC(N)=O)cc3)C2)cc1OC. The van der Waals surface area contributed by atoms with E-state index in [1.54, 1.807) is 26.4 Å². The summed E-state index contributed by atoms with van der Waals surface area (Å²) in [4.78, 5) is 13.6. The Hall–Kier alpha value is -2.85. The zero-order valence-electron chi connectivity index (χ0n) is 23.8. The van der Waals surface area contributed by atoms with E-state index in [-0.39, 0.29) is 25.0 Å². The summed E-state index contributed by atoms with van der Waals surface area (Å²) < 4.78 is 23.0. The molecule has 1 saturated carbocycles. The van der Waals surface area contributed by atoms with Crippen LogP contribution in [0.3, 0.4) is 0 Å². The van der Waals surface area contributed by atoms with Crippen molar-refractivity contribution >= 4 is 5.91 Å². The molecule has 4 rings (SSSR count). The van der Waals surface area contributed by atoms with Crippen molar-refractivity contribution in [2.24, 2.45) is 5.73 Å². The lowest BCUT2D eigenvalue weighted by atomic mass is 9.91. The second kappa shape index (κ2) is 15.2. The topological polar surface area (TPSA) is 116 Å². The Morgan fingerprint density at radius 2 is 1.80 bits per heavy atom. The number of ether oxygens (including phenoxy) is 4. The van der Waals surface area contributed by atoms with Gasteiger partial charge in [-0.1, -0.05) is 31.0 Å². The second-order valence-corrected chi connectivity index (χ2v) is 10.8. The zero-order valence-corrected chi connectivity index (χ0v) is 23.8. The lowest BCUT2D eigenvalue weighted by Gasteiger charge is -2.38. The third kappa shape index (κ3) is 8.83. The largest absolute Gasteiger partial charge is 0.493 e. The molecule has 0 spiro atoms. The third-order valence-electron chi connectivity index (χ3n) is 7.91. The highest BCUT2D eigenvalue weighted by Crippen LogP contribution is 2.30. The molecule has 0 aromatic heterocycles. The standard InChI is InChI=1S/C31H45N3O6/c1-37-29-12-9-23(17-30(29)38-2)14-16-39-28-6-4-3-5-27(28)34-15-13-24(20-34)33-19-25(35)21-40-26-10-7-22(8-11-26)18-31(32)36/h7-12,17,24-25,27-28,33,35H,3-6,13-16,18-21H2,1-2H3,(H2,32,36)/t24-,25?,27-,28+/m0/s1. The van der Waals surface area contributed by atoms with Crippen LogP contribution in [0.15, 0.2) is 42.5 Å². The summed E-state index contributed by atoms with van der Waals surface area (Å²) in [5.74, 6) is 1.79. The predicted octanol–water partition coefficient (Wildman–Crippen LogP) is 2.71. The highest BCUT2D eigenvalue weighted by atomic mass is 16.5. The highest BCUT2D eigenvalue weighted by Gasteiger charge is 2.35. The van der Waals surface area contributed by atoms with Gasteiger partial charge in [-0.2, -0.15) is 0 Å². The molecule has 1 heterocycles. The fraction of sp³-hybridized carbons (Fsp3) is 0.581. The number of hydrogen-bond acceptors (Lipinski definition) is 8. The van der Waals surface area contributed by atoms with Crippen molar-refractivity contribution in [3.63, 3.8) is 0 Å². The molecule has 2 aromatic carbocycles. The zero-order chi connectivity index (χ0) is 28.3. The number of carbonyl (C=O) groups is 1. The van der Waals surface area contributed by atoms with Gasteiger partial charge in [0.25, 0.3) is 0 Å². The van der Waals surface area contributed by atoms with Gasteiger partial charge in [-0.25, -0.2) is 0 Å². The molecule has 40 heavy (non-hydrogen) atoms. The van der Waals surface area contributed by atoms with Crippen LogP contribution < -0.4 is 25.3 Å². The molecule has 1 saturated heterocycles. The molecule has 1 aliphatic carbocycles. The number of primary amides is 1. The van der Waals surface area contributed by atoms with Gasteiger partial charge in [-0.3, -0.25) is 9.69 Å². The number of likely N-dealkylation sites (tertiary alicyclic amines) is 1. The van der Waals surface area contributed by atoms with E-state index < -0.39 is 6.10 Å². The molecule has 2 aliphatic rings. The van der Waals surface area contributed by atoms with E-state index in [0.717, 1.165) is 49.4 Å². The monoisotopic (exact) mass is 555 g/mol. The van der Waals surface area contributed by atoms with Crippen molar-refractivity contribution in [2.45, 2.75) is 69.2 Å².